The Hall–Kier alpha value is -0.610. The SMILES string of the molecule is C[C@H](O)CCNC(=O)[C@@H]1CCCNC1. The first kappa shape index (κ1) is 11.5. The number of rotatable bonds is 4. The van der Waals surface area contributed by atoms with Crippen LogP contribution in [0.1, 0.15) is 26.2 Å². The largest absolute Gasteiger partial charge is 0.393 e. The van der Waals surface area contributed by atoms with Gasteiger partial charge in [0.1, 0.15) is 0 Å². The molecule has 0 aromatic carbocycles. The van der Waals surface area contributed by atoms with Crippen molar-refractivity contribution in [2.24, 2.45) is 5.92 Å². The molecule has 1 aliphatic heterocycles. The van der Waals surface area contributed by atoms with Gasteiger partial charge in [0.05, 0.1) is 12.0 Å². The first-order valence-corrected chi connectivity index (χ1v) is 5.36. The van der Waals surface area contributed by atoms with E-state index in [1.54, 1.807) is 6.92 Å². The summed E-state index contributed by atoms with van der Waals surface area (Å²) >= 11 is 0. The lowest BCUT2D eigenvalue weighted by molar-refractivity contribution is -0.125. The fourth-order valence-electron chi connectivity index (χ4n) is 1.62. The molecule has 1 saturated heterocycles. The summed E-state index contributed by atoms with van der Waals surface area (Å²) in [6, 6.07) is 0. The lowest BCUT2D eigenvalue weighted by atomic mass is 9.99. The molecule has 0 aromatic rings. The van der Waals surface area contributed by atoms with Gasteiger partial charge in [0, 0.05) is 13.1 Å². The van der Waals surface area contributed by atoms with Crippen LogP contribution in [0.3, 0.4) is 0 Å². The van der Waals surface area contributed by atoms with Crippen molar-refractivity contribution in [2.45, 2.75) is 32.3 Å². The zero-order valence-electron chi connectivity index (χ0n) is 8.75. The predicted octanol–water partition coefficient (Wildman–Crippen LogP) is -0.127. The van der Waals surface area contributed by atoms with Crippen molar-refractivity contribution in [3.63, 3.8) is 0 Å². The molecule has 1 amide bonds. The number of carbonyl (C=O) groups is 1. The van der Waals surface area contributed by atoms with Gasteiger partial charge in [-0.15, -0.1) is 0 Å². The van der Waals surface area contributed by atoms with Crippen molar-refractivity contribution in [1.29, 1.82) is 0 Å². The average Bonchev–Trinajstić information content (AvgIpc) is 2.18. The fraction of sp³-hybridized carbons (Fsp3) is 0.900. The number of aliphatic hydroxyl groups is 1. The van der Waals surface area contributed by atoms with Crippen LogP contribution in [0.5, 0.6) is 0 Å². The molecule has 0 aliphatic carbocycles. The molecule has 0 aromatic heterocycles. The van der Waals surface area contributed by atoms with Crippen LogP contribution in [-0.2, 0) is 4.79 Å². The summed E-state index contributed by atoms with van der Waals surface area (Å²) in [5.41, 5.74) is 0. The van der Waals surface area contributed by atoms with Gasteiger partial charge in [-0.25, -0.2) is 0 Å². The Balaban J connectivity index is 2.13. The quantitative estimate of drug-likeness (QED) is 0.592. The molecule has 1 aliphatic rings. The third-order valence-corrected chi connectivity index (χ3v) is 2.53. The summed E-state index contributed by atoms with van der Waals surface area (Å²) in [6.45, 7) is 4.12. The van der Waals surface area contributed by atoms with Crippen LogP contribution in [0, 0.1) is 5.92 Å². The minimum Gasteiger partial charge on any atom is -0.393 e. The minimum absolute atomic E-state index is 0.123. The molecule has 1 fully saturated rings. The van der Waals surface area contributed by atoms with E-state index in [0.717, 1.165) is 25.9 Å². The second-order valence-electron chi connectivity index (χ2n) is 3.97. The summed E-state index contributed by atoms with van der Waals surface area (Å²) < 4.78 is 0. The van der Waals surface area contributed by atoms with Gasteiger partial charge in [-0.05, 0) is 32.7 Å². The van der Waals surface area contributed by atoms with Crippen LogP contribution >= 0.6 is 0 Å². The maximum atomic E-state index is 11.5. The van der Waals surface area contributed by atoms with Gasteiger partial charge in [0.25, 0.3) is 0 Å². The van der Waals surface area contributed by atoms with Gasteiger partial charge >= 0.3 is 0 Å². The van der Waals surface area contributed by atoms with E-state index in [0.29, 0.717) is 13.0 Å². The highest BCUT2D eigenvalue weighted by Crippen LogP contribution is 2.09. The van der Waals surface area contributed by atoms with E-state index in [1.807, 2.05) is 0 Å². The van der Waals surface area contributed by atoms with Gasteiger partial charge in [-0.3, -0.25) is 4.79 Å². The number of hydrogen-bond acceptors (Lipinski definition) is 3. The lowest BCUT2D eigenvalue weighted by Gasteiger charge is -2.21. The van der Waals surface area contributed by atoms with Crippen LogP contribution in [0.2, 0.25) is 0 Å². The van der Waals surface area contributed by atoms with Crippen LogP contribution in [-0.4, -0.2) is 36.8 Å². The second kappa shape index (κ2) is 5.98. The average molecular weight is 200 g/mol. The van der Waals surface area contributed by atoms with Gasteiger partial charge in [-0.1, -0.05) is 0 Å². The van der Waals surface area contributed by atoms with Crippen molar-refractivity contribution in [3.8, 4) is 0 Å². The predicted molar refractivity (Wildman–Crippen MR) is 54.9 cm³/mol. The molecule has 1 rings (SSSR count). The van der Waals surface area contributed by atoms with E-state index in [-0.39, 0.29) is 17.9 Å². The molecular weight excluding hydrogens is 180 g/mol. The first-order valence-electron chi connectivity index (χ1n) is 5.36. The summed E-state index contributed by atoms with van der Waals surface area (Å²) in [7, 11) is 0. The number of nitrogens with one attached hydrogen (secondary N) is 2. The molecule has 0 saturated carbocycles. The van der Waals surface area contributed by atoms with Crippen LogP contribution in [0.4, 0.5) is 0 Å². The topological polar surface area (TPSA) is 61.4 Å². The molecule has 0 radical (unpaired) electrons. The van der Waals surface area contributed by atoms with E-state index in [9.17, 15) is 4.79 Å². The molecule has 0 spiro atoms. The molecule has 0 unspecified atom stereocenters. The highest BCUT2D eigenvalue weighted by atomic mass is 16.3. The van der Waals surface area contributed by atoms with Crippen LogP contribution in [0.25, 0.3) is 0 Å². The Kier molecular flexibility index (Phi) is 4.90. The maximum Gasteiger partial charge on any atom is 0.224 e. The van der Waals surface area contributed by atoms with Gasteiger partial charge in [-0.2, -0.15) is 0 Å². The zero-order valence-corrected chi connectivity index (χ0v) is 8.75. The number of aliphatic hydroxyl groups excluding tert-OH is 1. The Morgan fingerprint density at radius 3 is 3.07 bits per heavy atom. The van der Waals surface area contributed by atoms with Crippen molar-refractivity contribution >= 4 is 5.91 Å². The van der Waals surface area contributed by atoms with Gasteiger partial charge in [0.15, 0.2) is 0 Å². The van der Waals surface area contributed by atoms with E-state index in [2.05, 4.69) is 10.6 Å². The highest BCUT2D eigenvalue weighted by molar-refractivity contribution is 5.78. The number of piperidine rings is 1. The number of carbonyl (C=O) groups excluding carboxylic acids is 1. The Labute approximate surface area is 85.1 Å². The summed E-state index contributed by atoms with van der Waals surface area (Å²) in [4.78, 5) is 11.5. The summed E-state index contributed by atoms with van der Waals surface area (Å²) in [6.07, 6.45) is 2.35. The Morgan fingerprint density at radius 1 is 1.71 bits per heavy atom. The zero-order chi connectivity index (χ0) is 10.4. The fourth-order valence-corrected chi connectivity index (χ4v) is 1.62. The van der Waals surface area contributed by atoms with Crippen LogP contribution < -0.4 is 10.6 Å². The van der Waals surface area contributed by atoms with E-state index >= 15 is 0 Å². The molecule has 0 bridgehead atoms. The molecule has 82 valence electrons. The molecular formula is C10H20N2O2. The molecule has 1 heterocycles. The highest BCUT2D eigenvalue weighted by Gasteiger charge is 2.20. The molecule has 3 N–H and O–H groups in total. The van der Waals surface area contributed by atoms with Crippen molar-refractivity contribution in [3.05, 3.63) is 0 Å². The molecule has 4 heteroatoms. The van der Waals surface area contributed by atoms with E-state index in [1.165, 1.54) is 0 Å². The van der Waals surface area contributed by atoms with E-state index in [4.69, 9.17) is 5.11 Å². The third-order valence-electron chi connectivity index (χ3n) is 2.53. The first-order chi connectivity index (χ1) is 6.70. The monoisotopic (exact) mass is 200 g/mol. The number of hydrogen-bond donors (Lipinski definition) is 3. The van der Waals surface area contributed by atoms with Crippen molar-refractivity contribution < 1.29 is 9.90 Å². The second-order valence-corrected chi connectivity index (χ2v) is 3.97. The van der Waals surface area contributed by atoms with Gasteiger partial charge < -0.3 is 15.7 Å². The third kappa shape index (κ3) is 4.07. The Morgan fingerprint density at radius 2 is 2.50 bits per heavy atom. The van der Waals surface area contributed by atoms with Gasteiger partial charge in [0.2, 0.25) is 5.91 Å². The minimum atomic E-state index is -0.334. The lowest BCUT2D eigenvalue weighted by Crippen LogP contribution is -2.41. The van der Waals surface area contributed by atoms with Crippen molar-refractivity contribution in [1.82, 2.24) is 10.6 Å². The molecule has 14 heavy (non-hydrogen) atoms. The summed E-state index contributed by atoms with van der Waals surface area (Å²) in [5.74, 6) is 0.246. The number of amides is 1. The normalized spacial score (nSPS) is 24.3. The molecule has 2 atom stereocenters. The summed E-state index contributed by atoms with van der Waals surface area (Å²) in [5, 5.41) is 15.1. The van der Waals surface area contributed by atoms with Crippen LogP contribution in [0.15, 0.2) is 0 Å². The molecule has 4 nitrogen and oxygen atoms in total. The van der Waals surface area contributed by atoms with E-state index < -0.39 is 0 Å². The van der Waals surface area contributed by atoms with Crippen molar-refractivity contribution in [2.75, 3.05) is 19.6 Å². The maximum absolute atomic E-state index is 11.5. The standard InChI is InChI=1S/C10H20N2O2/c1-8(13)4-6-12-10(14)9-3-2-5-11-7-9/h8-9,11,13H,2-7H2,1H3,(H,12,14)/t8-,9+/m0/s1. The smallest absolute Gasteiger partial charge is 0.224 e. The Bertz CT molecular complexity index is 177.